The standard InChI is InChI=1S/C15H18N4O3/c20-14(21)10-18-13-4-1-3-12(9-13)15(22)17-5-2-7-19-8-6-16-11-19/h1,3-4,6,8-9,11,18H,2,5,7,10H2,(H,17,22)(H,20,21). The van der Waals surface area contributed by atoms with Crippen LogP contribution in [0.1, 0.15) is 16.8 Å². The molecule has 3 N–H and O–H groups in total. The van der Waals surface area contributed by atoms with Gasteiger partial charge in [0.1, 0.15) is 6.54 Å². The van der Waals surface area contributed by atoms with E-state index in [1.54, 1.807) is 36.8 Å². The van der Waals surface area contributed by atoms with Gasteiger partial charge >= 0.3 is 5.97 Å². The van der Waals surface area contributed by atoms with Gasteiger partial charge in [0.15, 0.2) is 0 Å². The Kier molecular flexibility index (Phi) is 5.53. The van der Waals surface area contributed by atoms with Gasteiger partial charge in [0.05, 0.1) is 6.33 Å². The van der Waals surface area contributed by atoms with Gasteiger partial charge < -0.3 is 20.3 Å². The molecule has 1 heterocycles. The average Bonchev–Trinajstić information content (AvgIpc) is 3.03. The summed E-state index contributed by atoms with van der Waals surface area (Å²) in [4.78, 5) is 26.5. The van der Waals surface area contributed by atoms with Gasteiger partial charge in [-0.2, -0.15) is 0 Å². The summed E-state index contributed by atoms with van der Waals surface area (Å²) >= 11 is 0. The number of carbonyl (C=O) groups excluding carboxylic acids is 1. The number of carbonyl (C=O) groups is 2. The highest BCUT2D eigenvalue weighted by atomic mass is 16.4. The van der Waals surface area contributed by atoms with Crippen molar-refractivity contribution in [2.24, 2.45) is 0 Å². The van der Waals surface area contributed by atoms with E-state index in [1.165, 1.54) is 0 Å². The van der Waals surface area contributed by atoms with Crippen molar-refractivity contribution in [2.45, 2.75) is 13.0 Å². The highest BCUT2D eigenvalue weighted by Crippen LogP contribution is 2.10. The van der Waals surface area contributed by atoms with Gasteiger partial charge in [0.2, 0.25) is 0 Å². The van der Waals surface area contributed by atoms with Crippen LogP contribution in [0.2, 0.25) is 0 Å². The molecular weight excluding hydrogens is 284 g/mol. The van der Waals surface area contributed by atoms with E-state index in [1.807, 2.05) is 10.8 Å². The number of aliphatic carboxylic acids is 1. The number of nitrogens with one attached hydrogen (secondary N) is 2. The van der Waals surface area contributed by atoms with E-state index >= 15 is 0 Å². The number of carboxylic acids is 1. The third-order valence-electron chi connectivity index (χ3n) is 3.01. The molecule has 2 aromatic rings. The number of rotatable bonds is 8. The van der Waals surface area contributed by atoms with Crippen LogP contribution in [-0.4, -0.2) is 39.6 Å². The molecule has 2 rings (SSSR count). The van der Waals surface area contributed by atoms with E-state index in [0.717, 1.165) is 13.0 Å². The highest BCUT2D eigenvalue weighted by molar-refractivity contribution is 5.95. The topological polar surface area (TPSA) is 96.3 Å². The van der Waals surface area contributed by atoms with Gasteiger partial charge in [-0.05, 0) is 24.6 Å². The van der Waals surface area contributed by atoms with Crippen molar-refractivity contribution in [3.05, 3.63) is 48.5 Å². The first-order valence-electron chi connectivity index (χ1n) is 6.95. The fourth-order valence-corrected chi connectivity index (χ4v) is 1.93. The molecule has 0 spiro atoms. The van der Waals surface area contributed by atoms with E-state index < -0.39 is 5.97 Å². The first-order valence-corrected chi connectivity index (χ1v) is 6.95. The molecule has 1 aromatic heterocycles. The maximum absolute atomic E-state index is 12.0. The second kappa shape index (κ2) is 7.82. The number of hydrogen-bond donors (Lipinski definition) is 3. The lowest BCUT2D eigenvalue weighted by atomic mass is 10.2. The number of anilines is 1. The molecule has 116 valence electrons. The summed E-state index contributed by atoms with van der Waals surface area (Å²) in [5.74, 6) is -1.13. The SMILES string of the molecule is O=C(O)CNc1cccc(C(=O)NCCCn2ccnc2)c1. The van der Waals surface area contributed by atoms with Crippen molar-refractivity contribution >= 4 is 17.6 Å². The molecule has 0 bridgehead atoms. The van der Waals surface area contributed by atoms with E-state index in [2.05, 4.69) is 15.6 Å². The summed E-state index contributed by atoms with van der Waals surface area (Å²) in [6.07, 6.45) is 6.13. The minimum atomic E-state index is -0.950. The highest BCUT2D eigenvalue weighted by Gasteiger charge is 2.06. The molecule has 0 radical (unpaired) electrons. The zero-order valence-electron chi connectivity index (χ0n) is 12.0. The lowest BCUT2D eigenvalue weighted by Crippen LogP contribution is -2.25. The summed E-state index contributed by atoms with van der Waals surface area (Å²) in [5.41, 5.74) is 1.10. The van der Waals surface area contributed by atoms with Crippen LogP contribution in [0.4, 0.5) is 5.69 Å². The Morgan fingerprint density at radius 2 is 2.18 bits per heavy atom. The predicted octanol–water partition coefficient (Wildman–Crippen LogP) is 1.20. The number of benzene rings is 1. The van der Waals surface area contributed by atoms with Crippen LogP contribution in [0.5, 0.6) is 0 Å². The van der Waals surface area contributed by atoms with Crippen molar-refractivity contribution in [2.75, 3.05) is 18.4 Å². The molecule has 1 amide bonds. The number of aromatic nitrogens is 2. The predicted molar refractivity (Wildman–Crippen MR) is 81.7 cm³/mol. The number of carboxylic acid groups (broad SMARTS) is 1. The quantitative estimate of drug-likeness (QED) is 0.637. The van der Waals surface area contributed by atoms with Gasteiger partial charge in [-0.3, -0.25) is 9.59 Å². The maximum atomic E-state index is 12.0. The van der Waals surface area contributed by atoms with E-state index in [-0.39, 0.29) is 12.5 Å². The molecule has 7 nitrogen and oxygen atoms in total. The van der Waals surface area contributed by atoms with Crippen molar-refractivity contribution in [1.82, 2.24) is 14.9 Å². The molecule has 0 unspecified atom stereocenters. The Hall–Kier alpha value is -2.83. The van der Waals surface area contributed by atoms with Crippen LogP contribution in [0.3, 0.4) is 0 Å². The average molecular weight is 302 g/mol. The van der Waals surface area contributed by atoms with Crippen molar-refractivity contribution < 1.29 is 14.7 Å². The molecule has 1 aromatic carbocycles. The van der Waals surface area contributed by atoms with E-state index in [9.17, 15) is 9.59 Å². The van der Waals surface area contributed by atoms with Crippen LogP contribution in [0, 0.1) is 0 Å². The first-order chi connectivity index (χ1) is 10.6. The summed E-state index contributed by atoms with van der Waals surface area (Å²) in [5, 5.41) is 14.2. The Labute approximate surface area is 128 Å². The maximum Gasteiger partial charge on any atom is 0.322 e. The van der Waals surface area contributed by atoms with Crippen LogP contribution in [0.25, 0.3) is 0 Å². The number of nitrogens with zero attached hydrogens (tertiary/aromatic N) is 2. The molecule has 0 fully saturated rings. The van der Waals surface area contributed by atoms with Crippen LogP contribution in [0.15, 0.2) is 43.0 Å². The fraction of sp³-hybridized carbons (Fsp3) is 0.267. The van der Waals surface area contributed by atoms with Crippen molar-refractivity contribution in [3.63, 3.8) is 0 Å². The number of aryl methyl sites for hydroxylation is 1. The summed E-state index contributed by atoms with van der Waals surface area (Å²) in [7, 11) is 0. The van der Waals surface area contributed by atoms with Gasteiger partial charge in [-0.15, -0.1) is 0 Å². The lowest BCUT2D eigenvalue weighted by Gasteiger charge is -2.08. The Morgan fingerprint density at radius 3 is 2.91 bits per heavy atom. The smallest absolute Gasteiger partial charge is 0.322 e. The third-order valence-corrected chi connectivity index (χ3v) is 3.01. The Balaban J connectivity index is 1.79. The Morgan fingerprint density at radius 1 is 1.32 bits per heavy atom. The molecule has 0 saturated carbocycles. The summed E-state index contributed by atoms with van der Waals surface area (Å²) in [6, 6.07) is 6.76. The third kappa shape index (κ3) is 4.93. The minimum absolute atomic E-state index is 0.176. The lowest BCUT2D eigenvalue weighted by molar-refractivity contribution is -0.134. The first kappa shape index (κ1) is 15.6. The largest absolute Gasteiger partial charge is 0.480 e. The van der Waals surface area contributed by atoms with Gasteiger partial charge in [-0.25, -0.2) is 4.98 Å². The van der Waals surface area contributed by atoms with Crippen molar-refractivity contribution in [3.8, 4) is 0 Å². The zero-order valence-corrected chi connectivity index (χ0v) is 12.0. The monoisotopic (exact) mass is 302 g/mol. The van der Waals surface area contributed by atoms with Crippen LogP contribution in [-0.2, 0) is 11.3 Å². The second-order valence-corrected chi connectivity index (χ2v) is 4.74. The zero-order chi connectivity index (χ0) is 15.8. The van der Waals surface area contributed by atoms with Gasteiger partial charge in [0.25, 0.3) is 5.91 Å². The molecule has 7 heteroatoms. The molecule has 22 heavy (non-hydrogen) atoms. The van der Waals surface area contributed by atoms with Gasteiger partial charge in [-0.1, -0.05) is 6.07 Å². The summed E-state index contributed by atoms with van der Waals surface area (Å²) < 4.78 is 1.95. The van der Waals surface area contributed by atoms with Crippen LogP contribution >= 0.6 is 0 Å². The molecule has 0 aliphatic rings. The number of amides is 1. The normalized spacial score (nSPS) is 10.2. The van der Waals surface area contributed by atoms with E-state index in [0.29, 0.717) is 17.8 Å². The number of imidazole rings is 1. The van der Waals surface area contributed by atoms with Gasteiger partial charge in [0, 0.05) is 36.7 Å². The number of hydrogen-bond acceptors (Lipinski definition) is 4. The van der Waals surface area contributed by atoms with E-state index in [4.69, 9.17) is 5.11 Å². The molecule has 0 saturated heterocycles. The van der Waals surface area contributed by atoms with Crippen molar-refractivity contribution in [1.29, 1.82) is 0 Å². The minimum Gasteiger partial charge on any atom is -0.480 e. The fourth-order valence-electron chi connectivity index (χ4n) is 1.93. The molecule has 0 aliphatic heterocycles. The second-order valence-electron chi connectivity index (χ2n) is 4.74. The Bertz CT molecular complexity index is 625. The van der Waals surface area contributed by atoms with Crippen LogP contribution < -0.4 is 10.6 Å². The molecular formula is C15H18N4O3. The summed E-state index contributed by atoms with van der Waals surface area (Å²) in [6.45, 7) is 1.17. The molecule has 0 atom stereocenters. The molecule has 0 aliphatic carbocycles.